The van der Waals surface area contributed by atoms with E-state index >= 15 is 0 Å². The van der Waals surface area contributed by atoms with Gasteiger partial charge in [-0.2, -0.15) is 0 Å². The van der Waals surface area contributed by atoms with Gasteiger partial charge in [-0.25, -0.2) is 4.39 Å². The summed E-state index contributed by atoms with van der Waals surface area (Å²) in [5, 5.41) is 12.1. The van der Waals surface area contributed by atoms with Crippen LogP contribution in [0.4, 0.5) is 4.39 Å². The van der Waals surface area contributed by atoms with Crippen molar-refractivity contribution in [3.05, 3.63) is 65.5 Å². The molecule has 0 aliphatic heterocycles. The predicted octanol–water partition coefficient (Wildman–Crippen LogP) is 3.66. The Morgan fingerprint density at radius 2 is 1.87 bits per heavy atom. The van der Waals surface area contributed by atoms with Crippen molar-refractivity contribution >= 4 is 0 Å². The van der Waals surface area contributed by atoms with Gasteiger partial charge < -0.3 is 15.2 Å². The Balaban J connectivity index is 1.77. The minimum Gasteiger partial charge on any atom is -0.489 e. The van der Waals surface area contributed by atoms with Crippen molar-refractivity contribution in [2.75, 3.05) is 13.2 Å². The first-order valence-corrected chi connectivity index (χ1v) is 8.06. The van der Waals surface area contributed by atoms with Gasteiger partial charge in [-0.05, 0) is 49.6 Å². The Labute approximate surface area is 137 Å². The summed E-state index contributed by atoms with van der Waals surface area (Å²) in [7, 11) is 0. The molecule has 0 aromatic heterocycles. The van der Waals surface area contributed by atoms with Crippen molar-refractivity contribution in [2.45, 2.75) is 32.4 Å². The highest BCUT2D eigenvalue weighted by molar-refractivity contribution is 5.29. The van der Waals surface area contributed by atoms with Crippen LogP contribution in [0.25, 0.3) is 0 Å². The molecule has 0 unspecified atom stereocenters. The molecule has 0 heterocycles. The molecule has 0 saturated heterocycles. The van der Waals surface area contributed by atoms with Crippen LogP contribution in [0.2, 0.25) is 0 Å². The number of unbranched alkanes of at least 4 members (excludes halogenated alkanes) is 2. The Hall–Kier alpha value is -1.91. The van der Waals surface area contributed by atoms with Gasteiger partial charge in [0.15, 0.2) is 0 Å². The molecule has 3 nitrogen and oxygen atoms in total. The molecule has 4 heteroatoms. The Morgan fingerprint density at radius 3 is 2.70 bits per heavy atom. The van der Waals surface area contributed by atoms with Crippen LogP contribution in [0.1, 0.15) is 30.4 Å². The van der Waals surface area contributed by atoms with E-state index in [1.54, 1.807) is 18.2 Å². The molecule has 2 N–H and O–H groups in total. The average molecular weight is 317 g/mol. The van der Waals surface area contributed by atoms with E-state index in [0.717, 1.165) is 43.7 Å². The number of nitrogens with one attached hydrogen (secondary N) is 1. The Kier molecular flexibility index (Phi) is 7.57. The Bertz CT molecular complexity index is 589. The monoisotopic (exact) mass is 317 g/mol. The number of hydrogen-bond donors (Lipinski definition) is 2. The Morgan fingerprint density at radius 1 is 1.00 bits per heavy atom. The number of benzene rings is 2. The highest BCUT2D eigenvalue weighted by Gasteiger charge is 2.02. The lowest BCUT2D eigenvalue weighted by atomic mass is 10.2. The SMILES string of the molecule is OCCCCCNCc1cccc(OCc2ccccc2F)c1. The lowest BCUT2D eigenvalue weighted by molar-refractivity contribution is 0.283. The molecule has 0 fully saturated rings. The number of halogens is 1. The molecule has 0 amide bonds. The summed E-state index contributed by atoms with van der Waals surface area (Å²) in [6, 6.07) is 14.5. The topological polar surface area (TPSA) is 41.5 Å². The van der Waals surface area contributed by atoms with E-state index in [-0.39, 0.29) is 19.0 Å². The zero-order chi connectivity index (χ0) is 16.3. The van der Waals surface area contributed by atoms with Crippen LogP contribution in [0.15, 0.2) is 48.5 Å². The lowest BCUT2D eigenvalue weighted by Gasteiger charge is -2.09. The molecule has 0 spiro atoms. The average Bonchev–Trinajstić information content (AvgIpc) is 2.58. The van der Waals surface area contributed by atoms with E-state index in [0.29, 0.717) is 5.56 Å². The fraction of sp³-hybridized carbons (Fsp3) is 0.368. The molecule has 0 radical (unpaired) electrons. The van der Waals surface area contributed by atoms with Gasteiger partial charge >= 0.3 is 0 Å². The van der Waals surface area contributed by atoms with Gasteiger partial charge in [-0.1, -0.05) is 30.3 Å². The van der Waals surface area contributed by atoms with Gasteiger partial charge in [-0.15, -0.1) is 0 Å². The van der Waals surface area contributed by atoms with Crippen LogP contribution in [-0.2, 0) is 13.2 Å². The molecular formula is C19H24FNO2. The molecule has 0 saturated carbocycles. The lowest BCUT2D eigenvalue weighted by Crippen LogP contribution is -2.14. The van der Waals surface area contributed by atoms with Crippen LogP contribution >= 0.6 is 0 Å². The fourth-order valence-corrected chi connectivity index (χ4v) is 2.29. The minimum absolute atomic E-state index is 0.227. The number of hydrogen-bond acceptors (Lipinski definition) is 3. The van der Waals surface area contributed by atoms with Crippen molar-refractivity contribution in [3.63, 3.8) is 0 Å². The standard InChI is InChI=1S/C19H24FNO2/c20-19-10-3-2-8-17(19)15-23-18-9-6-7-16(13-18)14-21-11-4-1-5-12-22/h2-3,6-10,13,21-22H,1,4-5,11-12,14-15H2. The van der Waals surface area contributed by atoms with Gasteiger partial charge in [0.25, 0.3) is 0 Å². The maximum Gasteiger partial charge on any atom is 0.129 e. The van der Waals surface area contributed by atoms with Crippen LogP contribution < -0.4 is 10.1 Å². The van der Waals surface area contributed by atoms with Crippen LogP contribution in [0.5, 0.6) is 5.75 Å². The molecule has 0 atom stereocenters. The van der Waals surface area contributed by atoms with E-state index in [1.807, 2.05) is 24.3 Å². The van der Waals surface area contributed by atoms with Crippen LogP contribution in [0, 0.1) is 5.82 Å². The number of rotatable bonds is 10. The smallest absolute Gasteiger partial charge is 0.129 e. The van der Waals surface area contributed by atoms with Crippen molar-refractivity contribution in [1.29, 1.82) is 0 Å². The molecule has 0 aliphatic rings. The number of ether oxygens (including phenoxy) is 1. The third-order valence-electron chi connectivity index (χ3n) is 3.59. The first kappa shape index (κ1) is 17.4. The van der Waals surface area contributed by atoms with E-state index < -0.39 is 0 Å². The minimum atomic E-state index is -0.242. The van der Waals surface area contributed by atoms with Crippen molar-refractivity contribution < 1.29 is 14.2 Å². The zero-order valence-electron chi connectivity index (χ0n) is 13.3. The van der Waals surface area contributed by atoms with Gasteiger partial charge in [0.05, 0.1) is 0 Å². The molecule has 124 valence electrons. The third kappa shape index (κ3) is 6.38. The summed E-state index contributed by atoms with van der Waals surface area (Å²) in [5.74, 6) is 0.501. The third-order valence-corrected chi connectivity index (χ3v) is 3.59. The van der Waals surface area contributed by atoms with Gasteiger partial charge in [-0.3, -0.25) is 0 Å². The molecular weight excluding hydrogens is 293 g/mol. The first-order chi connectivity index (χ1) is 11.3. The second-order valence-corrected chi connectivity index (χ2v) is 5.49. The summed E-state index contributed by atoms with van der Waals surface area (Å²) >= 11 is 0. The van der Waals surface area contributed by atoms with Crippen molar-refractivity contribution in [3.8, 4) is 5.75 Å². The maximum absolute atomic E-state index is 13.6. The van der Waals surface area contributed by atoms with Gasteiger partial charge in [0.2, 0.25) is 0 Å². The summed E-state index contributed by atoms with van der Waals surface area (Å²) in [4.78, 5) is 0. The van der Waals surface area contributed by atoms with Crippen molar-refractivity contribution in [1.82, 2.24) is 5.32 Å². The van der Waals surface area contributed by atoms with Gasteiger partial charge in [0.1, 0.15) is 18.2 Å². The highest BCUT2D eigenvalue weighted by atomic mass is 19.1. The van der Waals surface area contributed by atoms with E-state index in [2.05, 4.69) is 5.32 Å². The number of aliphatic hydroxyl groups is 1. The maximum atomic E-state index is 13.6. The van der Waals surface area contributed by atoms with Gasteiger partial charge in [0, 0.05) is 18.7 Å². The summed E-state index contributed by atoms with van der Waals surface area (Å²) in [6.07, 6.45) is 2.96. The van der Waals surface area contributed by atoms with Crippen LogP contribution in [0.3, 0.4) is 0 Å². The summed E-state index contributed by atoms with van der Waals surface area (Å²) in [5.41, 5.74) is 1.69. The highest BCUT2D eigenvalue weighted by Crippen LogP contribution is 2.16. The van der Waals surface area contributed by atoms with E-state index in [1.165, 1.54) is 6.07 Å². The van der Waals surface area contributed by atoms with E-state index in [4.69, 9.17) is 9.84 Å². The second kappa shape index (κ2) is 9.98. The first-order valence-electron chi connectivity index (χ1n) is 8.06. The molecule has 2 rings (SSSR count). The number of aliphatic hydroxyl groups excluding tert-OH is 1. The molecule has 2 aromatic carbocycles. The molecule has 0 aliphatic carbocycles. The zero-order valence-corrected chi connectivity index (χ0v) is 13.3. The molecule has 0 bridgehead atoms. The molecule has 23 heavy (non-hydrogen) atoms. The largest absolute Gasteiger partial charge is 0.489 e. The second-order valence-electron chi connectivity index (χ2n) is 5.49. The van der Waals surface area contributed by atoms with E-state index in [9.17, 15) is 4.39 Å². The fourth-order valence-electron chi connectivity index (χ4n) is 2.29. The normalized spacial score (nSPS) is 10.7. The summed E-state index contributed by atoms with van der Waals surface area (Å²) < 4.78 is 19.2. The molecule has 2 aromatic rings. The summed E-state index contributed by atoms with van der Waals surface area (Å²) in [6.45, 7) is 2.20. The van der Waals surface area contributed by atoms with Crippen LogP contribution in [-0.4, -0.2) is 18.3 Å². The van der Waals surface area contributed by atoms with Crippen molar-refractivity contribution in [2.24, 2.45) is 0 Å². The predicted molar refractivity (Wildman–Crippen MR) is 89.8 cm³/mol. The quantitative estimate of drug-likeness (QED) is 0.657.